The quantitative estimate of drug-likeness (QED) is 0.0722. The van der Waals surface area contributed by atoms with Crippen LogP contribution < -0.4 is 0 Å². The Morgan fingerprint density at radius 1 is 0.976 bits per heavy atom. The van der Waals surface area contributed by atoms with E-state index in [0.29, 0.717) is 37.8 Å². The molecule has 12 nitrogen and oxygen atoms in total. The number of hydrogen-bond donors (Lipinski definition) is 0. The Bertz CT molecular complexity index is 1460. The minimum absolute atomic E-state index is 0.0285. The molecule has 1 aliphatic rings. The Hall–Kier alpha value is -4.77. The van der Waals surface area contributed by atoms with Crippen molar-refractivity contribution in [1.82, 2.24) is 24.9 Å². The summed E-state index contributed by atoms with van der Waals surface area (Å²) in [4.78, 5) is 35.6. The SMILES string of the molecule is O=C1CN(/N=C/c2ccc([N+](=O)[O-])o2)C(=O)N1CCCCCCn1cc(-c2cc(C(F)(F)F)cc(C(F)(F)F)c2)nn1. The molecule has 2 aromatic heterocycles. The average Bonchev–Trinajstić information content (AvgIpc) is 3.64. The second-order valence-corrected chi connectivity index (χ2v) is 9.14. The van der Waals surface area contributed by atoms with Crippen molar-refractivity contribution in [2.75, 3.05) is 13.1 Å². The first kappa shape index (κ1) is 30.2. The number of carbonyl (C=O) groups is 2. The minimum atomic E-state index is -4.98. The lowest BCUT2D eigenvalue weighted by Crippen LogP contribution is -2.32. The smallest absolute Gasteiger partial charge is 0.400 e. The molecular formula is C24H21F6N7O5. The summed E-state index contributed by atoms with van der Waals surface area (Å²) in [5, 5.41) is 22.9. The van der Waals surface area contributed by atoms with Gasteiger partial charge in [-0.2, -0.15) is 31.4 Å². The molecule has 0 aliphatic carbocycles. The highest BCUT2D eigenvalue weighted by Gasteiger charge is 2.37. The van der Waals surface area contributed by atoms with Gasteiger partial charge in [0.2, 0.25) is 0 Å². The molecular weight excluding hydrogens is 580 g/mol. The summed E-state index contributed by atoms with van der Waals surface area (Å²) in [6.45, 7) is 0.108. The van der Waals surface area contributed by atoms with Gasteiger partial charge in [0.05, 0.1) is 29.6 Å². The third-order valence-corrected chi connectivity index (χ3v) is 6.10. The van der Waals surface area contributed by atoms with E-state index in [1.54, 1.807) is 0 Å². The van der Waals surface area contributed by atoms with Crippen LogP contribution in [0.15, 0.2) is 46.0 Å². The second-order valence-electron chi connectivity index (χ2n) is 9.14. The first-order valence-corrected chi connectivity index (χ1v) is 12.3. The third kappa shape index (κ3) is 7.29. The van der Waals surface area contributed by atoms with Gasteiger partial charge in [-0.1, -0.05) is 18.1 Å². The fourth-order valence-electron chi connectivity index (χ4n) is 4.01. The van der Waals surface area contributed by atoms with Crippen LogP contribution in [0.4, 0.5) is 37.0 Å². The first-order chi connectivity index (χ1) is 19.7. The molecule has 42 heavy (non-hydrogen) atoms. The number of hydrogen-bond acceptors (Lipinski definition) is 8. The van der Waals surface area contributed by atoms with E-state index in [1.165, 1.54) is 16.9 Å². The number of benzene rings is 1. The highest BCUT2D eigenvalue weighted by molar-refractivity contribution is 6.02. The van der Waals surface area contributed by atoms with E-state index in [0.717, 1.165) is 22.2 Å². The molecule has 0 spiro atoms. The van der Waals surface area contributed by atoms with Crippen LogP contribution in [0, 0.1) is 10.1 Å². The molecule has 0 unspecified atom stereocenters. The monoisotopic (exact) mass is 601 g/mol. The van der Waals surface area contributed by atoms with E-state index in [9.17, 15) is 46.0 Å². The number of amides is 3. The van der Waals surface area contributed by atoms with Gasteiger partial charge in [-0.3, -0.25) is 24.5 Å². The Balaban J connectivity index is 1.24. The van der Waals surface area contributed by atoms with Crippen molar-refractivity contribution in [3.63, 3.8) is 0 Å². The van der Waals surface area contributed by atoms with Gasteiger partial charge in [-0.05, 0) is 37.1 Å². The van der Waals surface area contributed by atoms with E-state index >= 15 is 0 Å². The van der Waals surface area contributed by atoms with Gasteiger partial charge in [0.15, 0.2) is 5.76 Å². The Kier molecular flexibility index (Phi) is 8.62. The molecule has 224 valence electrons. The summed E-state index contributed by atoms with van der Waals surface area (Å²) in [6.07, 6.45) is -5.40. The van der Waals surface area contributed by atoms with Crippen molar-refractivity contribution >= 4 is 24.0 Å². The summed E-state index contributed by atoms with van der Waals surface area (Å²) in [6, 6.07) is 2.96. The molecule has 0 atom stereocenters. The first-order valence-electron chi connectivity index (χ1n) is 12.3. The molecule has 3 amide bonds. The maximum absolute atomic E-state index is 13.1. The van der Waals surface area contributed by atoms with Crippen LogP contribution in [0.1, 0.15) is 42.6 Å². The highest BCUT2D eigenvalue weighted by Crippen LogP contribution is 2.38. The molecule has 18 heteroatoms. The van der Waals surface area contributed by atoms with Crippen LogP contribution in [-0.2, 0) is 23.7 Å². The fourth-order valence-corrected chi connectivity index (χ4v) is 4.01. The lowest BCUT2D eigenvalue weighted by molar-refractivity contribution is -0.402. The van der Waals surface area contributed by atoms with Gasteiger partial charge < -0.3 is 4.42 Å². The number of nitrogens with zero attached hydrogens (tertiary/aromatic N) is 7. The largest absolute Gasteiger partial charge is 0.433 e. The van der Waals surface area contributed by atoms with Crippen LogP contribution in [0.5, 0.6) is 0 Å². The highest BCUT2D eigenvalue weighted by atomic mass is 19.4. The number of furan rings is 1. The zero-order valence-electron chi connectivity index (χ0n) is 21.4. The zero-order chi connectivity index (χ0) is 30.7. The van der Waals surface area contributed by atoms with Gasteiger partial charge in [0, 0.05) is 18.7 Å². The van der Waals surface area contributed by atoms with E-state index in [-0.39, 0.29) is 42.7 Å². The molecule has 1 aromatic carbocycles. The molecule has 3 heterocycles. The number of urea groups is 1. The van der Waals surface area contributed by atoms with Crippen LogP contribution in [-0.4, -0.2) is 61.1 Å². The molecule has 0 radical (unpaired) electrons. The number of nitro groups is 1. The number of carbonyl (C=O) groups excluding carboxylic acids is 2. The number of alkyl halides is 6. The van der Waals surface area contributed by atoms with E-state index in [1.807, 2.05) is 0 Å². The molecule has 1 aliphatic heterocycles. The van der Waals surface area contributed by atoms with Crippen molar-refractivity contribution in [3.8, 4) is 11.3 Å². The summed E-state index contributed by atoms with van der Waals surface area (Å²) >= 11 is 0. The van der Waals surface area contributed by atoms with Crippen LogP contribution in [0.3, 0.4) is 0 Å². The molecule has 0 N–H and O–H groups in total. The Morgan fingerprint density at radius 3 is 2.21 bits per heavy atom. The molecule has 3 aromatic rings. The van der Waals surface area contributed by atoms with E-state index in [2.05, 4.69) is 15.4 Å². The standard InChI is InChI=1S/C24H21F6N7O5/c25-23(26,27)16-9-15(10-17(11-16)24(28,29)30)19-13-34(33-32-19)7-3-1-2-4-8-35-20(38)14-36(22(35)39)31-12-18-5-6-21(42-18)37(40)41/h5-6,9-13H,1-4,7-8,14H2/b31-12+. The number of hydrazone groups is 1. The van der Waals surface area contributed by atoms with Gasteiger partial charge in [0.1, 0.15) is 17.2 Å². The maximum atomic E-state index is 13.1. The predicted molar refractivity (Wildman–Crippen MR) is 131 cm³/mol. The van der Waals surface area contributed by atoms with Gasteiger partial charge in [-0.25, -0.2) is 9.80 Å². The van der Waals surface area contributed by atoms with Crippen LogP contribution >= 0.6 is 0 Å². The topological polar surface area (TPSA) is 140 Å². The number of rotatable bonds is 11. The molecule has 1 fully saturated rings. The summed E-state index contributed by atoms with van der Waals surface area (Å²) in [7, 11) is 0. The number of halogens is 6. The van der Waals surface area contributed by atoms with Gasteiger partial charge >= 0.3 is 24.3 Å². The van der Waals surface area contributed by atoms with Gasteiger partial charge in [-0.15, -0.1) is 5.10 Å². The fraction of sp³-hybridized carbons (Fsp3) is 0.375. The zero-order valence-corrected chi connectivity index (χ0v) is 21.4. The number of unbranched alkanes of at least 4 members (excludes halogenated alkanes) is 3. The van der Waals surface area contributed by atoms with Crippen molar-refractivity contribution in [2.24, 2.45) is 5.10 Å². The summed E-state index contributed by atoms with van der Waals surface area (Å²) in [5.41, 5.74) is -3.41. The van der Waals surface area contributed by atoms with Crippen LogP contribution in [0.25, 0.3) is 11.3 Å². The molecule has 0 saturated carbocycles. The summed E-state index contributed by atoms with van der Waals surface area (Å²) in [5.74, 6) is -0.941. The second kappa shape index (κ2) is 12.0. The maximum Gasteiger partial charge on any atom is 0.433 e. The third-order valence-electron chi connectivity index (χ3n) is 6.10. The van der Waals surface area contributed by atoms with E-state index in [4.69, 9.17) is 4.42 Å². The van der Waals surface area contributed by atoms with Crippen molar-refractivity contribution < 1.29 is 45.3 Å². The van der Waals surface area contributed by atoms with E-state index < -0.39 is 46.2 Å². The molecule has 4 rings (SSSR count). The number of aryl methyl sites for hydroxylation is 1. The average molecular weight is 601 g/mol. The predicted octanol–water partition coefficient (Wildman–Crippen LogP) is 5.34. The Labute approximate surface area is 232 Å². The van der Waals surface area contributed by atoms with Crippen molar-refractivity contribution in [3.05, 3.63) is 63.5 Å². The lowest BCUT2D eigenvalue weighted by atomic mass is 10.0. The number of imide groups is 1. The van der Waals surface area contributed by atoms with Crippen LogP contribution in [0.2, 0.25) is 0 Å². The normalized spacial score (nSPS) is 14.5. The molecule has 1 saturated heterocycles. The minimum Gasteiger partial charge on any atom is -0.400 e. The van der Waals surface area contributed by atoms with Crippen molar-refractivity contribution in [1.29, 1.82) is 0 Å². The van der Waals surface area contributed by atoms with Crippen molar-refractivity contribution in [2.45, 2.75) is 44.6 Å². The lowest BCUT2D eigenvalue weighted by Gasteiger charge is -2.13. The Morgan fingerprint density at radius 2 is 1.62 bits per heavy atom. The summed E-state index contributed by atoms with van der Waals surface area (Å²) < 4.78 is 85.0. The molecule has 0 bridgehead atoms. The number of aromatic nitrogens is 3. The van der Waals surface area contributed by atoms with Gasteiger partial charge in [0.25, 0.3) is 5.91 Å².